The first kappa shape index (κ1) is 19.9. The summed E-state index contributed by atoms with van der Waals surface area (Å²) in [5, 5.41) is 8.46. The molecule has 3 heteroatoms. The topological polar surface area (TPSA) is 54.4 Å². The molecular formula is C18H32O3. The number of hydrogen-bond donors (Lipinski definition) is 1. The Morgan fingerprint density at radius 3 is 1.90 bits per heavy atom. The van der Waals surface area contributed by atoms with Crippen LogP contribution in [0.4, 0.5) is 0 Å². The van der Waals surface area contributed by atoms with Crippen LogP contribution < -0.4 is 0 Å². The van der Waals surface area contributed by atoms with E-state index in [1.54, 1.807) is 0 Å². The molecule has 0 unspecified atom stereocenters. The van der Waals surface area contributed by atoms with Crippen LogP contribution in [-0.4, -0.2) is 16.9 Å². The van der Waals surface area contributed by atoms with E-state index < -0.39 is 5.97 Å². The minimum Gasteiger partial charge on any atom is -0.481 e. The highest BCUT2D eigenvalue weighted by Crippen LogP contribution is 2.10. The number of carboxylic acid groups (broad SMARTS) is 1. The lowest BCUT2D eigenvalue weighted by Crippen LogP contribution is -2.05. The quantitative estimate of drug-likeness (QED) is 0.254. The summed E-state index contributed by atoms with van der Waals surface area (Å²) in [6, 6.07) is 0. The Morgan fingerprint density at radius 2 is 1.33 bits per heavy atom. The average Bonchev–Trinajstić information content (AvgIpc) is 2.43. The first-order valence-electron chi connectivity index (χ1n) is 8.55. The molecule has 0 saturated heterocycles. The SMILES string of the molecule is CCCC/C=C\CCCCCCCCCC(=O)CC(=O)O. The molecule has 0 aromatic rings. The van der Waals surface area contributed by atoms with Crippen molar-refractivity contribution in [1.82, 2.24) is 0 Å². The van der Waals surface area contributed by atoms with Gasteiger partial charge in [0.1, 0.15) is 12.2 Å². The van der Waals surface area contributed by atoms with Gasteiger partial charge in [0.15, 0.2) is 0 Å². The number of aliphatic carboxylic acids is 1. The monoisotopic (exact) mass is 296 g/mol. The smallest absolute Gasteiger partial charge is 0.310 e. The minimum atomic E-state index is -1.01. The molecule has 0 bridgehead atoms. The van der Waals surface area contributed by atoms with E-state index >= 15 is 0 Å². The number of unbranched alkanes of at least 4 members (excludes halogenated alkanes) is 9. The normalized spacial score (nSPS) is 11.1. The Labute approximate surface area is 129 Å². The molecule has 0 aromatic carbocycles. The summed E-state index contributed by atoms with van der Waals surface area (Å²) >= 11 is 0. The van der Waals surface area contributed by atoms with Gasteiger partial charge in [0.2, 0.25) is 0 Å². The number of rotatable bonds is 15. The Morgan fingerprint density at radius 1 is 0.810 bits per heavy atom. The molecule has 0 aliphatic carbocycles. The molecular weight excluding hydrogens is 264 g/mol. The number of Topliss-reactive ketones (excluding diaryl/α,β-unsaturated/α-hetero) is 1. The van der Waals surface area contributed by atoms with Crippen molar-refractivity contribution >= 4 is 11.8 Å². The van der Waals surface area contributed by atoms with Crippen LogP contribution in [0.5, 0.6) is 0 Å². The third-order valence-corrected chi connectivity index (χ3v) is 3.57. The number of carbonyl (C=O) groups is 2. The number of hydrogen-bond acceptors (Lipinski definition) is 2. The number of allylic oxidation sites excluding steroid dienone is 2. The number of carboxylic acids is 1. The van der Waals surface area contributed by atoms with Gasteiger partial charge < -0.3 is 5.11 Å². The Hall–Kier alpha value is -1.12. The van der Waals surface area contributed by atoms with E-state index in [1.807, 2.05) is 0 Å². The van der Waals surface area contributed by atoms with Crippen molar-refractivity contribution in [2.45, 2.75) is 90.4 Å². The lowest BCUT2D eigenvalue weighted by molar-refractivity contribution is -0.140. The van der Waals surface area contributed by atoms with Gasteiger partial charge in [-0.05, 0) is 25.7 Å². The molecule has 1 N–H and O–H groups in total. The first-order chi connectivity index (χ1) is 10.2. The van der Waals surface area contributed by atoms with Crippen molar-refractivity contribution in [3.8, 4) is 0 Å². The van der Waals surface area contributed by atoms with E-state index in [-0.39, 0.29) is 12.2 Å². The van der Waals surface area contributed by atoms with Crippen molar-refractivity contribution in [2.24, 2.45) is 0 Å². The van der Waals surface area contributed by atoms with Crippen LogP contribution in [-0.2, 0) is 9.59 Å². The second-order valence-electron chi connectivity index (χ2n) is 5.74. The van der Waals surface area contributed by atoms with Crippen LogP contribution in [0, 0.1) is 0 Å². The number of ketones is 1. The fourth-order valence-electron chi connectivity index (χ4n) is 2.28. The van der Waals surface area contributed by atoms with Gasteiger partial charge in [0.05, 0.1) is 0 Å². The minimum absolute atomic E-state index is 0.141. The third kappa shape index (κ3) is 16.8. The third-order valence-electron chi connectivity index (χ3n) is 3.57. The Bertz CT molecular complexity index is 295. The standard InChI is InChI=1S/C18H32O3/c1-2-3-4-5-6-7-8-9-10-11-12-13-14-15-17(19)16-18(20)21/h5-6H,2-4,7-16H2,1H3,(H,20,21)/b6-5-. The molecule has 0 atom stereocenters. The van der Waals surface area contributed by atoms with Gasteiger partial charge in [0, 0.05) is 6.42 Å². The first-order valence-corrected chi connectivity index (χ1v) is 8.55. The molecule has 0 radical (unpaired) electrons. The molecule has 3 nitrogen and oxygen atoms in total. The van der Waals surface area contributed by atoms with Crippen molar-refractivity contribution in [3.05, 3.63) is 12.2 Å². The second-order valence-corrected chi connectivity index (χ2v) is 5.74. The molecule has 0 aromatic heterocycles. The van der Waals surface area contributed by atoms with Gasteiger partial charge in [-0.25, -0.2) is 0 Å². The summed E-state index contributed by atoms with van der Waals surface area (Å²) in [4.78, 5) is 21.5. The zero-order valence-electron chi connectivity index (χ0n) is 13.6. The molecule has 0 fully saturated rings. The van der Waals surface area contributed by atoms with Crippen LogP contribution in [0.15, 0.2) is 12.2 Å². The van der Waals surface area contributed by atoms with Gasteiger partial charge in [-0.1, -0.05) is 64.0 Å². The van der Waals surface area contributed by atoms with E-state index in [9.17, 15) is 9.59 Å². The molecule has 0 spiro atoms. The lowest BCUT2D eigenvalue weighted by atomic mass is 10.0. The van der Waals surface area contributed by atoms with Gasteiger partial charge >= 0.3 is 5.97 Å². The van der Waals surface area contributed by atoms with Crippen LogP contribution in [0.25, 0.3) is 0 Å². The van der Waals surface area contributed by atoms with Crippen molar-refractivity contribution < 1.29 is 14.7 Å². The van der Waals surface area contributed by atoms with Gasteiger partial charge in [-0.3, -0.25) is 9.59 Å². The molecule has 0 amide bonds. The predicted octanol–water partition coefficient (Wildman–Crippen LogP) is 5.29. The van der Waals surface area contributed by atoms with E-state index in [0.717, 1.165) is 19.3 Å². The van der Waals surface area contributed by atoms with Crippen molar-refractivity contribution in [3.63, 3.8) is 0 Å². The maximum atomic E-state index is 11.2. The Balaban J connectivity index is 3.17. The fourth-order valence-corrected chi connectivity index (χ4v) is 2.28. The maximum absolute atomic E-state index is 11.2. The highest BCUT2D eigenvalue weighted by Gasteiger charge is 2.06. The number of carbonyl (C=O) groups excluding carboxylic acids is 1. The highest BCUT2D eigenvalue weighted by atomic mass is 16.4. The van der Waals surface area contributed by atoms with E-state index in [0.29, 0.717) is 6.42 Å². The molecule has 0 aliphatic heterocycles. The summed E-state index contributed by atoms with van der Waals surface area (Å²) in [7, 11) is 0. The van der Waals surface area contributed by atoms with E-state index in [1.165, 1.54) is 51.4 Å². The van der Waals surface area contributed by atoms with Crippen LogP contribution in [0.1, 0.15) is 90.4 Å². The average molecular weight is 296 g/mol. The zero-order chi connectivity index (χ0) is 15.8. The highest BCUT2D eigenvalue weighted by molar-refractivity contribution is 5.94. The van der Waals surface area contributed by atoms with E-state index in [2.05, 4.69) is 19.1 Å². The predicted molar refractivity (Wildman–Crippen MR) is 87.5 cm³/mol. The van der Waals surface area contributed by atoms with Gasteiger partial charge in [-0.2, -0.15) is 0 Å². The summed E-state index contributed by atoms with van der Waals surface area (Å²) in [5.41, 5.74) is 0. The molecule has 0 rings (SSSR count). The summed E-state index contributed by atoms with van der Waals surface area (Å²) in [6.07, 6.45) is 17.8. The van der Waals surface area contributed by atoms with Crippen LogP contribution in [0.2, 0.25) is 0 Å². The van der Waals surface area contributed by atoms with Crippen molar-refractivity contribution in [2.75, 3.05) is 0 Å². The molecule has 0 saturated carbocycles. The summed E-state index contributed by atoms with van der Waals surface area (Å²) < 4.78 is 0. The molecule has 21 heavy (non-hydrogen) atoms. The molecule has 0 aliphatic rings. The Kier molecular flexibility index (Phi) is 14.5. The van der Waals surface area contributed by atoms with Crippen LogP contribution in [0.3, 0.4) is 0 Å². The fraction of sp³-hybridized carbons (Fsp3) is 0.778. The maximum Gasteiger partial charge on any atom is 0.310 e. The summed E-state index contributed by atoms with van der Waals surface area (Å²) in [6.45, 7) is 2.22. The molecule has 122 valence electrons. The van der Waals surface area contributed by atoms with Gasteiger partial charge in [0.25, 0.3) is 0 Å². The summed E-state index contributed by atoms with van der Waals surface area (Å²) in [5.74, 6) is -1.15. The molecule has 0 heterocycles. The van der Waals surface area contributed by atoms with Gasteiger partial charge in [-0.15, -0.1) is 0 Å². The van der Waals surface area contributed by atoms with Crippen molar-refractivity contribution in [1.29, 1.82) is 0 Å². The largest absolute Gasteiger partial charge is 0.481 e. The van der Waals surface area contributed by atoms with E-state index in [4.69, 9.17) is 5.11 Å². The van der Waals surface area contributed by atoms with Crippen LogP contribution >= 0.6 is 0 Å². The lowest BCUT2D eigenvalue weighted by Gasteiger charge is -2.01. The second kappa shape index (κ2) is 15.3. The zero-order valence-corrected chi connectivity index (χ0v) is 13.6.